The molecule has 1 amide bonds. The van der Waals surface area contributed by atoms with Gasteiger partial charge in [-0.2, -0.15) is 0 Å². The van der Waals surface area contributed by atoms with Crippen molar-refractivity contribution in [2.24, 2.45) is 0 Å². The maximum Gasteiger partial charge on any atom is 0.262 e. The second-order valence-corrected chi connectivity index (χ2v) is 10.3. The molecule has 0 bridgehead atoms. The van der Waals surface area contributed by atoms with Crippen molar-refractivity contribution < 1.29 is 17.9 Å². The highest BCUT2D eigenvalue weighted by atomic mass is 79.9. The first kappa shape index (κ1) is 23.8. The normalized spacial score (nSPS) is 11.3. The number of rotatable bonds is 7. The standard InChI is InChI=1S/C26H23BrN2O4S/c1-17-6-5-7-18(2)26(17)29-34(31,32)21-13-11-20(12-14-21)28-24(30)16-33-23-15-10-19-8-3-4-9-22(19)25(23)27/h3-15,29H,16H2,1-2H3,(H,28,30). The third-order valence-corrected chi connectivity index (χ3v) is 7.54. The van der Waals surface area contributed by atoms with E-state index < -0.39 is 10.0 Å². The Kier molecular flexibility index (Phi) is 6.90. The van der Waals surface area contributed by atoms with Gasteiger partial charge in [-0.15, -0.1) is 0 Å². The summed E-state index contributed by atoms with van der Waals surface area (Å²) in [6, 6.07) is 23.2. The summed E-state index contributed by atoms with van der Waals surface area (Å²) in [5.41, 5.74) is 2.71. The van der Waals surface area contributed by atoms with Crippen LogP contribution in [0.4, 0.5) is 11.4 Å². The first-order chi connectivity index (χ1) is 16.2. The Balaban J connectivity index is 1.40. The van der Waals surface area contributed by atoms with E-state index in [9.17, 15) is 13.2 Å². The van der Waals surface area contributed by atoms with Crippen molar-refractivity contribution in [3.63, 3.8) is 0 Å². The molecule has 0 aliphatic carbocycles. The van der Waals surface area contributed by atoms with Gasteiger partial charge in [0.15, 0.2) is 6.61 Å². The van der Waals surface area contributed by atoms with Crippen molar-refractivity contribution in [3.05, 3.63) is 94.5 Å². The molecule has 0 atom stereocenters. The highest BCUT2D eigenvalue weighted by Crippen LogP contribution is 2.33. The fourth-order valence-corrected chi connectivity index (χ4v) is 5.36. The minimum Gasteiger partial charge on any atom is -0.483 e. The smallest absolute Gasteiger partial charge is 0.262 e. The monoisotopic (exact) mass is 538 g/mol. The molecule has 4 rings (SSSR count). The number of halogens is 1. The van der Waals surface area contributed by atoms with Crippen LogP contribution in [0.25, 0.3) is 10.8 Å². The van der Waals surface area contributed by atoms with Crippen LogP contribution in [-0.2, 0) is 14.8 Å². The van der Waals surface area contributed by atoms with E-state index in [4.69, 9.17) is 4.74 Å². The van der Waals surface area contributed by atoms with E-state index in [2.05, 4.69) is 26.0 Å². The maximum atomic E-state index is 12.8. The molecule has 8 heteroatoms. The number of aryl methyl sites for hydroxylation is 2. The number of hydrogen-bond donors (Lipinski definition) is 2. The number of para-hydroxylation sites is 1. The molecule has 174 valence electrons. The molecule has 0 saturated carbocycles. The minimum atomic E-state index is -3.77. The molecule has 0 aliphatic heterocycles. The molecule has 2 N–H and O–H groups in total. The van der Waals surface area contributed by atoms with Gasteiger partial charge in [-0.3, -0.25) is 9.52 Å². The number of amides is 1. The summed E-state index contributed by atoms with van der Waals surface area (Å²) in [6.07, 6.45) is 0. The lowest BCUT2D eigenvalue weighted by atomic mass is 10.1. The molecule has 0 saturated heterocycles. The van der Waals surface area contributed by atoms with Crippen molar-refractivity contribution in [2.45, 2.75) is 18.7 Å². The van der Waals surface area contributed by atoms with E-state index in [1.165, 1.54) is 12.1 Å². The SMILES string of the molecule is Cc1cccc(C)c1NS(=O)(=O)c1ccc(NC(=O)COc2ccc3ccccc3c2Br)cc1. The molecule has 0 heterocycles. The lowest BCUT2D eigenvalue weighted by Gasteiger charge is -2.14. The van der Waals surface area contributed by atoms with Crippen LogP contribution in [-0.4, -0.2) is 20.9 Å². The van der Waals surface area contributed by atoms with Gasteiger partial charge in [-0.05, 0) is 82.0 Å². The fourth-order valence-electron chi connectivity index (χ4n) is 3.55. The molecule has 0 spiro atoms. The van der Waals surface area contributed by atoms with Crippen LogP contribution in [0.3, 0.4) is 0 Å². The molecule has 34 heavy (non-hydrogen) atoms. The second kappa shape index (κ2) is 9.87. The van der Waals surface area contributed by atoms with Crippen LogP contribution in [0.15, 0.2) is 88.2 Å². The minimum absolute atomic E-state index is 0.101. The van der Waals surface area contributed by atoms with Crippen LogP contribution in [0.2, 0.25) is 0 Å². The van der Waals surface area contributed by atoms with Crippen molar-refractivity contribution >= 4 is 54.0 Å². The largest absolute Gasteiger partial charge is 0.483 e. The summed E-state index contributed by atoms with van der Waals surface area (Å²) in [7, 11) is -3.77. The number of ether oxygens (including phenoxy) is 1. The summed E-state index contributed by atoms with van der Waals surface area (Å²) in [4.78, 5) is 12.5. The predicted molar refractivity (Wildman–Crippen MR) is 139 cm³/mol. The van der Waals surface area contributed by atoms with Crippen molar-refractivity contribution in [1.82, 2.24) is 0 Å². The average molecular weight is 539 g/mol. The van der Waals surface area contributed by atoms with Gasteiger partial charge in [-0.25, -0.2) is 8.42 Å². The number of nitrogens with one attached hydrogen (secondary N) is 2. The Morgan fingerprint density at radius 2 is 1.56 bits per heavy atom. The van der Waals surface area contributed by atoms with Crippen molar-refractivity contribution in [2.75, 3.05) is 16.6 Å². The quantitative estimate of drug-likeness (QED) is 0.300. The van der Waals surface area contributed by atoms with Crippen molar-refractivity contribution in [1.29, 1.82) is 0 Å². The van der Waals surface area contributed by atoms with Crippen LogP contribution < -0.4 is 14.8 Å². The van der Waals surface area contributed by atoms with Gasteiger partial charge in [0, 0.05) is 5.69 Å². The molecule has 4 aromatic rings. The molecule has 4 aromatic carbocycles. The highest BCUT2D eigenvalue weighted by Gasteiger charge is 2.17. The van der Waals surface area contributed by atoms with E-state index in [0.717, 1.165) is 26.4 Å². The molecule has 0 aromatic heterocycles. The molecule has 0 aliphatic rings. The summed E-state index contributed by atoms with van der Waals surface area (Å²) >= 11 is 3.54. The number of carbonyl (C=O) groups excluding carboxylic acids is 1. The predicted octanol–water partition coefficient (Wildman–Crippen LogP) is 6.04. The summed E-state index contributed by atoms with van der Waals surface area (Å²) in [5.74, 6) is 0.206. The van der Waals surface area contributed by atoms with Crippen LogP contribution in [0.5, 0.6) is 5.75 Å². The zero-order valence-corrected chi connectivity index (χ0v) is 21.0. The lowest BCUT2D eigenvalue weighted by Crippen LogP contribution is -2.20. The van der Waals surface area contributed by atoms with Crippen LogP contribution in [0.1, 0.15) is 11.1 Å². The van der Waals surface area contributed by atoms with Gasteiger partial charge >= 0.3 is 0 Å². The Labute approximate surface area is 207 Å². The Hall–Kier alpha value is -3.36. The zero-order valence-electron chi connectivity index (χ0n) is 18.6. The third-order valence-electron chi connectivity index (χ3n) is 5.35. The highest BCUT2D eigenvalue weighted by molar-refractivity contribution is 9.10. The Morgan fingerprint density at radius 1 is 0.882 bits per heavy atom. The number of benzene rings is 4. The Bertz CT molecular complexity index is 1450. The number of hydrogen-bond acceptors (Lipinski definition) is 4. The second-order valence-electron chi connectivity index (χ2n) is 7.83. The van der Waals surface area contributed by atoms with E-state index >= 15 is 0 Å². The van der Waals surface area contributed by atoms with Crippen LogP contribution >= 0.6 is 15.9 Å². The van der Waals surface area contributed by atoms with Gasteiger partial charge in [0.2, 0.25) is 0 Å². The van der Waals surface area contributed by atoms with Gasteiger partial charge < -0.3 is 10.1 Å². The van der Waals surface area contributed by atoms with E-state index in [-0.39, 0.29) is 17.4 Å². The Morgan fingerprint density at radius 3 is 2.26 bits per heavy atom. The lowest BCUT2D eigenvalue weighted by molar-refractivity contribution is -0.118. The van der Waals surface area contributed by atoms with Gasteiger partial charge in [0.25, 0.3) is 15.9 Å². The fraction of sp³-hybridized carbons (Fsp3) is 0.115. The summed E-state index contributed by atoms with van der Waals surface area (Å²) < 4.78 is 34.7. The maximum absolute atomic E-state index is 12.8. The van der Waals surface area contributed by atoms with Gasteiger partial charge in [0.1, 0.15) is 5.75 Å². The topological polar surface area (TPSA) is 84.5 Å². The van der Waals surface area contributed by atoms with Crippen molar-refractivity contribution in [3.8, 4) is 5.75 Å². The number of sulfonamides is 1. The molecule has 0 unspecified atom stereocenters. The van der Waals surface area contributed by atoms with E-state index in [1.54, 1.807) is 12.1 Å². The van der Waals surface area contributed by atoms with E-state index in [1.807, 2.05) is 68.4 Å². The first-order valence-electron chi connectivity index (χ1n) is 10.5. The van der Waals surface area contributed by atoms with E-state index in [0.29, 0.717) is 17.1 Å². The molecular formula is C26H23BrN2O4S. The average Bonchev–Trinajstić information content (AvgIpc) is 2.82. The zero-order chi connectivity index (χ0) is 24.3. The molecule has 0 fully saturated rings. The molecule has 0 radical (unpaired) electrons. The number of fused-ring (bicyclic) bond motifs is 1. The first-order valence-corrected chi connectivity index (χ1v) is 12.8. The molecular weight excluding hydrogens is 516 g/mol. The van der Waals surface area contributed by atoms with Gasteiger partial charge in [0.05, 0.1) is 15.1 Å². The summed E-state index contributed by atoms with van der Waals surface area (Å²) in [5, 5.41) is 4.78. The summed E-state index contributed by atoms with van der Waals surface area (Å²) in [6.45, 7) is 3.51. The third kappa shape index (κ3) is 5.24. The number of carbonyl (C=O) groups is 1. The number of anilines is 2. The van der Waals surface area contributed by atoms with Crippen LogP contribution in [0, 0.1) is 13.8 Å². The molecule has 6 nitrogen and oxygen atoms in total. The van der Waals surface area contributed by atoms with Gasteiger partial charge in [-0.1, -0.05) is 48.5 Å².